The maximum atomic E-state index is 14.4. The second-order valence-corrected chi connectivity index (χ2v) is 14.4. The van der Waals surface area contributed by atoms with Gasteiger partial charge in [-0.15, -0.1) is 0 Å². The van der Waals surface area contributed by atoms with E-state index < -0.39 is 5.41 Å². The van der Waals surface area contributed by atoms with Gasteiger partial charge in [-0.2, -0.15) is 0 Å². The van der Waals surface area contributed by atoms with E-state index in [0.717, 1.165) is 31.3 Å². The number of unbranched alkanes of at least 4 members (excludes halogenated alkanes) is 3. The molecule has 4 aliphatic carbocycles. The molecule has 39 heavy (non-hydrogen) atoms. The molecule has 0 bridgehead atoms. The molecule has 4 nitrogen and oxygen atoms in total. The molecule has 214 valence electrons. The third-order valence-corrected chi connectivity index (χ3v) is 12.0. The molecule has 11 atom stereocenters. The lowest BCUT2D eigenvalue weighted by molar-refractivity contribution is -0.144. The number of epoxide rings is 1. The predicted octanol–water partition coefficient (Wildman–Crippen LogP) is 7.33. The van der Waals surface area contributed by atoms with Crippen molar-refractivity contribution in [1.29, 1.82) is 0 Å². The van der Waals surface area contributed by atoms with E-state index in [-0.39, 0.29) is 81.8 Å². The van der Waals surface area contributed by atoms with Gasteiger partial charge in [0.15, 0.2) is 11.6 Å². The summed E-state index contributed by atoms with van der Waals surface area (Å²) in [6, 6.07) is 0. The molecule has 1 saturated heterocycles. The zero-order valence-corrected chi connectivity index (χ0v) is 25.5. The lowest BCUT2D eigenvalue weighted by atomic mass is 9.55. The summed E-state index contributed by atoms with van der Waals surface area (Å²) in [4.78, 5) is 42.0. The topological polar surface area (TPSA) is 63.7 Å². The van der Waals surface area contributed by atoms with Crippen molar-refractivity contribution in [3.63, 3.8) is 0 Å². The number of hydrogen-bond donors (Lipinski definition) is 0. The summed E-state index contributed by atoms with van der Waals surface area (Å²) in [6.07, 6.45) is 16.2. The lowest BCUT2D eigenvalue weighted by Crippen LogP contribution is -2.51. The average Bonchev–Trinajstić information content (AvgIpc) is 3.68. The van der Waals surface area contributed by atoms with Gasteiger partial charge in [0.25, 0.3) is 0 Å². The molecule has 0 spiro atoms. The summed E-state index contributed by atoms with van der Waals surface area (Å²) in [7, 11) is 0. The monoisotopic (exact) mass is 534 g/mol. The maximum absolute atomic E-state index is 14.4. The van der Waals surface area contributed by atoms with E-state index in [4.69, 9.17) is 4.74 Å². The Hall–Kier alpha value is -1.81. The minimum Gasteiger partial charge on any atom is -0.366 e. The van der Waals surface area contributed by atoms with Gasteiger partial charge in [-0.05, 0) is 86.2 Å². The van der Waals surface area contributed by atoms with Crippen molar-refractivity contribution >= 4 is 17.3 Å². The Kier molecular flexibility index (Phi) is 7.31. The van der Waals surface area contributed by atoms with E-state index >= 15 is 0 Å². The third-order valence-electron chi connectivity index (χ3n) is 12.0. The van der Waals surface area contributed by atoms with Crippen LogP contribution < -0.4 is 0 Å². The van der Waals surface area contributed by atoms with E-state index in [1.54, 1.807) is 6.08 Å². The van der Waals surface area contributed by atoms with Crippen molar-refractivity contribution in [2.45, 2.75) is 106 Å². The molecule has 5 aliphatic rings. The van der Waals surface area contributed by atoms with Gasteiger partial charge < -0.3 is 4.74 Å². The van der Waals surface area contributed by atoms with Crippen molar-refractivity contribution in [1.82, 2.24) is 0 Å². The van der Waals surface area contributed by atoms with E-state index in [9.17, 15) is 14.4 Å². The summed E-state index contributed by atoms with van der Waals surface area (Å²) < 4.78 is 6.48. The fourth-order valence-corrected chi connectivity index (χ4v) is 9.96. The molecular formula is C35H50O4. The van der Waals surface area contributed by atoms with Crippen LogP contribution in [0.5, 0.6) is 0 Å². The normalized spacial score (nSPS) is 44.2. The second kappa shape index (κ2) is 9.93. The molecule has 0 N–H and O–H groups in total. The molecule has 3 saturated carbocycles. The Morgan fingerprint density at radius 1 is 1.13 bits per heavy atom. The molecule has 0 aromatic heterocycles. The number of carbonyl (C=O) groups is 3. The fourth-order valence-electron chi connectivity index (χ4n) is 9.96. The van der Waals surface area contributed by atoms with Crippen molar-refractivity contribution in [2.24, 2.45) is 58.2 Å². The first-order valence-electron chi connectivity index (χ1n) is 15.7. The van der Waals surface area contributed by atoms with Gasteiger partial charge in [0.1, 0.15) is 5.78 Å². The number of hydrogen-bond acceptors (Lipinski definition) is 4. The quantitative estimate of drug-likeness (QED) is 0.127. The molecule has 0 amide bonds. The van der Waals surface area contributed by atoms with Crippen LogP contribution in [-0.4, -0.2) is 29.1 Å². The SMILES string of the molecule is CCCCC/C=C\C=C\C(=O)C1[C@@H](C)[C@@H]2[C@@H]3C=C(C)C(=O)[C@H]3C[C@]3(C)OC3[C@H]2[C@@H]2C(C)(C)[C@]12C(=O)C(C)CC. The number of rotatable bonds is 10. The molecule has 1 aliphatic heterocycles. The number of Topliss-reactive ketones (excluding diaryl/α,β-unsaturated/α-hetero) is 2. The van der Waals surface area contributed by atoms with Gasteiger partial charge in [-0.3, -0.25) is 14.4 Å². The lowest BCUT2D eigenvalue weighted by Gasteiger charge is -2.47. The Labute approximate surface area is 236 Å². The number of ether oxygens (including phenoxy) is 1. The Morgan fingerprint density at radius 2 is 1.85 bits per heavy atom. The Balaban J connectivity index is 1.56. The van der Waals surface area contributed by atoms with Crippen LogP contribution in [0, 0.1) is 58.2 Å². The second-order valence-electron chi connectivity index (χ2n) is 14.4. The molecule has 5 rings (SSSR count). The highest BCUT2D eigenvalue weighted by Crippen LogP contribution is 2.84. The van der Waals surface area contributed by atoms with Crippen molar-refractivity contribution in [3.05, 3.63) is 36.0 Å². The predicted molar refractivity (Wildman–Crippen MR) is 155 cm³/mol. The van der Waals surface area contributed by atoms with Crippen LogP contribution in [0.25, 0.3) is 0 Å². The van der Waals surface area contributed by atoms with Crippen LogP contribution >= 0.6 is 0 Å². The Bertz CT molecular complexity index is 1130. The van der Waals surface area contributed by atoms with Crippen molar-refractivity contribution in [3.8, 4) is 0 Å². The molecule has 0 radical (unpaired) electrons. The number of ketones is 3. The molecule has 4 heteroatoms. The van der Waals surface area contributed by atoms with Gasteiger partial charge in [-0.25, -0.2) is 0 Å². The van der Waals surface area contributed by atoms with E-state index in [1.807, 2.05) is 26.0 Å². The zero-order valence-electron chi connectivity index (χ0n) is 25.5. The van der Waals surface area contributed by atoms with Gasteiger partial charge >= 0.3 is 0 Å². The smallest absolute Gasteiger partial charge is 0.162 e. The van der Waals surface area contributed by atoms with E-state index in [1.165, 1.54) is 12.8 Å². The van der Waals surface area contributed by atoms with Crippen LogP contribution in [0.15, 0.2) is 36.0 Å². The molecular weight excluding hydrogens is 484 g/mol. The summed E-state index contributed by atoms with van der Waals surface area (Å²) in [5, 5.41) is 0. The van der Waals surface area contributed by atoms with Crippen LogP contribution in [-0.2, 0) is 19.1 Å². The Morgan fingerprint density at radius 3 is 2.51 bits per heavy atom. The molecule has 0 aromatic rings. The van der Waals surface area contributed by atoms with E-state index in [0.29, 0.717) is 0 Å². The highest BCUT2D eigenvalue weighted by Gasteiger charge is 2.87. The van der Waals surface area contributed by atoms with Crippen LogP contribution in [0.3, 0.4) is 0 Å². The fraction of sp³-hybridized carbons (Fsp3) is 0.743. The van der Waals surface area contributed by atoms with Gasteiger partial charge in [0, 0.05) is 23.2 Å². The maximum Gasteiger partial charge on any atom is 0.162 e. The standard InChI is InChI=1S/C35H50O4/c1-9-11-12-13-14-15-16-17-25(36)28-22(5)26-23-18-21(4)29(37)24(23)19-34(8)32(39-34)27(26)30-33(6,7)35(28,30)31(38)20(3)10-2/h14-18,20,22-24,26-28,30,32H,9-13,19H2,1-8H3/b15-14-,17-16+/t20?,22-,23+,24-,26+,27+,28?,30+,32?,34-,35+/m0/s1. The zero-order chi connectivity index (χ0) is 28.5. The van der Waals surface area contributed by atoms with Gasteiger partial charge in [0.2, 0.25) is 0 Å². The summed E-state index contributed by atoms with van der Waals surface area (Å²) in [5.74, 6) is 0.602. The highest BCUT2D eigenvalue weighted by atomic mass is 16.6. The molecule has 4 fully saturated rings. The van der Waals surface area contributed by atoms with Crippen LogP contribution in [0.4, 0.5) is 0 Å². The summed E-state index contributed by atoms with van der Waals surface area (Å²) in [6.45, 7) is 17.1. The molecule has 0 aromatic carbocycles. The van der Waals surface area contributed by atoms with Crippen LogP contribution in [0.1, 0.15) is 93.9 Å². The highest BCUT2D eigenvalue weighted by molar-refractivity contribution is 6.02. The van der Waals surface area contributed by atoms with Crippen LogP contribution in [0.2, 0.25) is 0 Å². The van der Waals surface area contributed by atoms with Crippen molar-refractivity contribution < 1.29 is 19.1 Å². The first-order valence-corrected chi connectivity index (χ1v) is 15.7. The van der Waals surface area contributed by atoms with Crippen molar-refractivity contribution in [2.75, 3.05) is 0 Å². The summed E-state index contributed by atoms with van der Waals surface area (Å²) >= 11 is 0. The average molecular weight is 535 g/mol. The van der Waals surface area contributed by atoms with E-state index in [2.05, 4.69) is 53.7 Å². The summed E-state index contributed by atoms with van der Waals surface area (Å²) in [5.41, 5.74) is -0.417. The number of fused-ring (bicyclic) bond motifs is 7. The molecule has 1 heterocycles. The molecule has 3 unspecified atom stereocenters. The van der Waals surface area contributed by atoms with Gasteiger partial charge in [-0.1, -0.05) is 78.7 Å². The third kappa shape index (κ3) is 4.05. The first kappa shape index (κ1) is 28.7. The van der Waals surface area contributed by atoms with Gasteiger partial charge in [0.05, 0.1) is 11.7 Å². The minimum atomic E-state index is -0.677. The first-order chi connectivity index (χ1) is 18.4. The number of carbonyl (C=O) groups excluding carboxylic acids is 3. The largest absolute Gasteiger partial charge is 0.366 e. The number of allylic oxidation sites excluding steroid dienone is 6. The minimum absolute atomic E-state index is 0.0132.